The van der Waals surface area contributed by atoms with E-state index in [0.29, 0.717) is 34.4 Å². The van der Waals surface area contributed by atoms with Gasteiger partial charge in [0.2, 0.25) is 0 Å². The van der Waals surface area contributed by atoms with Gasteiger partial charge < -0.3 is 15.0 Å². The SMILES string of the molecule is CC(C)(C)OC(=O)N1CCC(NC(=O)c2cnc(-c3cnc4ccc(Cl)cn34)s2)C1. The van der Waals surface area contributed by atoms with Crippen molar-refractivity contribution in [3.63, 3.8) is 0 Å². The second kappa shape index (κ2) is 7.88. The molecule has 1 atom stereocenters. The van der Waals surface area contributed by atoms with Crippen LogP contribution in [0.5, 0.6) is 0 Å². The Kier molecular flexibility index (Phi) is 5.42. The molecule has 10 heteroatoms. The molecule has 2 amide bonds. The quantitative estimate of drug-likeness (QED) is 0.658. The van der Waals surface area contributed by atoms with Crippen LogP contribution < -0.4 is 5.32 Å². The molecule has 1 saturated heterocycles. The molecule has 4 rings (SSSR count). The Morgan fingerprint density at radius 1 is 1.27 bits per heavy atom. The maximum absolute atomic E-state index is 12.7. The average Bonchev–Trinajstić information content (AvgIpc) is 3.38. The second-order valence-electron chi connectivity index (χ2n) is 8.13. The third-order valence-electron chi connectivity index (χ3n) is 4.59. The van der Waals surface area contributed by atoms with Crippen molar-refractivity contribution >= 4 is 40.6 Å². The highest BCUT2D eigenvalue weighted by atomic mass is 35.5. The van der Waals surface area contributed by atoms with Gasteiger partial charge in [0.15, 0.2) is 0 Å². The lowest BCUT2D eigenvalue weighted by Crippen LogP contribution is -2.40. The average molecular weight is 448 g/mol. The minimum absolute atomic E-state index is 0.120. The molecule has 0 spiro atoms. The van der Waals surface area contributed by atoms with Crippen molar-refractivity contribution in [1.29, 1.82) is 0 Å². The summed E-state index contributed by atoms with van der Waals surface area (Å²) < 4.78 is 7.24. The molecule has 1 aliphatic rings. The van der Waals surface area contributed by atoms with Gasteiger partial charge >= 0.3 is 6.09 Å². The molecular formula is C20H22ClN5O3S. The van der Waals surface area contributed by atoms with E-state index in [9.17, 15) is 9.59 Å². The molecule has 0 radical (unpaired) electrons. The lowest BCUT2D eigenvalue weighted by molar-refractivity contribution is 0.0290. The van der Waals surface area contributed by atoms with Crippen LogP contribution in [-0.2, 0) is 4.74 Å². The number of amides is 2. The van der Waals surface area contributed by atoms with Crippen molar-refractivity contribution in [3.8, 4) is 10.7 Å². The Balaban J connectivity index is 1.41. The van der Waals surface area contributed by atoms with Crippen LogP contribution in [0.2, 0.25) is 5.02 Å². The van der Waals surface area contributed by atoms with Crippen LogP contribution in [0.1, 0.15) is 36.9 Å². The molecular weight excluding hydrogens is 426 g/mol. The fourth-order valence-electron chi connectivity index (χ4n) is 3.24. The molecule has 3 aromatic rings. The number of likely N-dealkylation sites (tertiary alicyclic amines) is 1. The summed E-state index contributed by atoms with van der Waals surface area (Å²) >= 11 is 7.37. The van der Waals surface area contributed by atoms with Crippen molar-refractivity contribution < 1.29 is 14.3 Å². The maximum Gasteiger partial charge on any atom is 0.410 e. The Morgan fingerprint density at radius 2 is 2.07 bits per heavy atom. The van der Waals surface area contributed by atoms with Gasteiger partial charge in [0.1, 0.15) is 26.8 Å². The summed E-state index contributed by atoms with van der Waals surface area (Å²) in [4.78, 5) is 35.7. The van der Waals surface area contributed by atoms with Crippen molar-refractivity contribution in [2.45, 2.75) is 38.8 Å². The monoisotopic (exact) mass is 447 g/mol. The molecule has 0 saturated carbocycles. The molecule has 0 aromatic carbocycles. The van der Waals surface area contributed by atoms with E-state index in [1.54, 1.807) is 29.6 Å². The van der Waals surface area contributed by atoms with Crippen molar-refractivity contribution in [2.75, 3.05) is 13.1 Å². The van der Waals surface area contributed by atoms with E-state index in [2.05, 4.69) is 15.3 Å². The van der Waals surface area contributed by atoms with Crippen molar-refractivity contribution in [1.82, 2.24) is 24.6 Å². The summed E-state index contributed by atoms with van der Waals surface area (Å²) in [6.07, 6.45) is 5.36. The summed E-state index contributed by atoms with van der Waals surface area (Å²) in [5, 5.41) is 4.25. The highest BCUT2D eigenvalue weighted by Gasteiger charge is 2.31. The molecule has 30 heavy (non-hydrogen) atoms. The van der Waals surface area contributed by atoms with Crippen LogP contribution in [0.15, 0.2) is 30.7 Å². The minimum Gasteiger partial charge on any atom is -0.444 e. The third-order valence-corrected chi connectivity index (χ3v) is 5.84. The summed E-state index contributed by atoms with van der Waals surface area (Å²) in [7, 11) is 0. The summed E-state index contributed by atoms with van der Waals surface area (Å²) in [5.74, 6) is -0.207. The van der Waals surface area contributed by atoms with E-state index >= 15 is 0 Å². The van der Waals surface area contributed by atoms with Gasteiger partial charge in [-0.2, -0.15) is 0 Å². The van der Waals surface area contributed by atoms with Crippen LogP contribution in [0, 0.1) is 0 Å². The minimum atomic E-state index is -0.542. The van der Waals surface area contributed by atoms with Crippen molar-refractivity contribution in [2.24, 2.45) is 0 Å². The number of ether oxygens (including phenoxy) is 1. The van der Waals surface area contributed by atoms with E-state index in [1.807, 2.05) is 31.2 Å². The fourth-order valence-corrected chi connectivity index (χ4v) is 4.22. The van der Waals surface area contributed by atoms with Gasteiger partial charge in [0, 0.05) is 25.3 Å². The van der Waals surface area contributed by atoms with Crippen LogP contribution in [-0.4, -0.2) is 56.0 Å². The highest BCUT2D eigenvalue weighted by molar-refractivity contribution is 7.16. The second-order valence-corrected chi connectivity index (χ2v) is 9.60. The van der Waals surface area contributed by atoms with Gasteiger partial charge in [0.25, 0.3) is 5.91 Å². The van der Waals surface area contributed by atoms with Crippen LogP contribution in [0.4, 0.5) is 4.79 Å². The van der Waals surface area contributed by atoms with Gasteiger partial charge in [0.05, 0.1) is 17.4 Å². The number of thiazole rings is 1. The zero-order valence-electron chi connectivity index (χ0n) is 16.9. The van der Waals surface area contributed by atoms with Crippen molar-refractivity contribution in [3.05, 3.63) is 40.6 Å². The summed E-state index contributed by atoms with van der Waals surface area (Å²) in [6.45, 7) is 6.48. The molecule has 8 nitrogen and oxygen atoms in total. The number of fused-ring (bicyclic) bond motifs is 1. The lowest BCUT2D eigenvalue weighted by Gasteiger charge is -2.24. The Morgan fingerprint density at radius 3 is 2.83 bits per heavy atom. The van der Waals surface area contributed by atoms with Crippen LogP contribution in [0.25, 0.3) is 16.3 Å². The van der Waals surface area contributed by atoms with E-state index in [1.165, 1.54) is 11.3 Å². The third kappa shape index (κ3) is 4.41. The number of carbonyl (C=O) groups excluding carboxylic acids is 2. The highest BCUT2D eigenvalue weighted by Crippen LogP contribution is 2.27. The number of nitrogens with one attached hydrogen (secondary N) is 1. The first-order valence-electron chi connectivity index (χ1n) is 9.57. The standard InChI is InChI=1S/C20H22ClN5O3S/c1-20(2,3)29-19(28)25-7-6-13(11-25)24-17(27)15-9-23-18(30-15)14-8-22-16-5-4-12(21)10-26(14)16/h4-5,8-10,13H,6-7,11H2,1-3H3,(H,24,27). The number of nitrogens with zero attached hydrogens (tertiary/aromatic N) is 4. The largest absolute Gasteiger partial charge is 0.444 e. The summed E-state index contributed by atoms with van der Waals surface area (Å²) in [5.41, 5.74) is 0.983. The van der Waals surface area contributed by atoms with E-state index in [0.717, 1.165) is 11.3 Å². The maximum atomic E-state index is 12.7. The molecule has 158 valence electrons. The first kappa shape index (κ1) is 20.6. The molecule has 1 fully saturated rings. The van der Waals surface area contributed by atoms with E-state index in [-0.39, 0.29) is 18.0 Å². The first-order chi connectivity index (χ1) is 14.2. The molecule has 0 aliphatic carbocycles. The number of rotatable bonds is 3. The number of carbonyl (C=O) groups is 2. The van der Waals surface area contributed by atoms with Crippen LogP contribution >= 0.6 is 22.9 Å². The predicted octanol–water partition coefficient (Wildman–Crippen LogP) is 3.85. The number of imidazole rings is 1. The number of hydrogen-bond donors (Lipinski definition) is 1. The Hall–Kier alpha value is -2.65. The molecule has 0 bridgehead atoms. The topological polar surface area (TPSA) is 88.8 Å². The summed E-state index contributed by atoms with van der Waals surface area (Å²) in [6, 6.07) is 3.48. The Bertz CT molecular complexity index is 1100. The normalized spacial score (nSPS) is 16.8. The molecule has 3 aromatic heterocycles. The Labute approximate surface area is 182 Å². The van der Waals surface area contributed by atoms with Crippen LogP contribution in [0.3, 0.4) is 0 Å². The zero-order chi connectivity index (χ0) is 21.5. The van der Waals surface area contributed by atoms with Gasteiger partial charge in [-0.15, -0.1) is 11.3 Å². The number of pyridine rings is 1. The van der Waals surface area contributed by atoms with E-state index < -0.39 is 5.60 Å². The van der Waals surface area contributed by atoms with Gasteiger partial charge in [-0.05, 0) is 39.3 Å². The molecule has 1 aliphatic heterocycles. The first-order valence-corrected chi connectivity index (χ1v) is 10.8. The van der Waals surface area contributed by atoms with Gasteiger partial charge in [-0.3, -0.25) is 9.20 Å². The molecule has 1 N–H and O–H groups in total. The number of aromatic nitrogens is 3. The lowest BCUT2D eigenvalue weighted by atomic mass is 10.2. The zero-order valence-corrected chi connectivity index (χ0v) is 18.5. The van der Waals surface area contributed by atoms with E-state index in [4.69, 9.17) is 16.3 Å². The van der Waals surface area contributed by atoms with Gasteiger partial charge in [-0.1, -0.05) is 11.6 Å². The molecule has 4 heterocycles. The smallest absolute Gasteiger partial charge is 0.410 e. The number of hydrogen-bond acceptors (Lipinski definition) is 6. The predicted molar refractivity (Wildman–Crippen MR) is 115 cm³/mol. The molecule has 1 unspecified atom stereocenters. The van der Waals surface area contributed by atoms with Gasteiger partial charge in [-0.25, -0.2) is 14.8 Å². The number of halogens is 1. The fraction of sp³-hybridized carbons (Fsp3) is 0.400.